The summed E-state index contributed by atoms with van der Waals surface area (Å²) in [6, 6.07) is 3.46. The van der Waals surface area contributed by atoms with E-state index < -0.39 is 0 Å². The van der Waals surface area contributed by atoms with Gasteiger partial charge in [0.25, 0.3) is 5.91 Å². The maximum Gasteiger partial charge on any atom is 0.289 e. The molecule has 0 bridgehead atoms. The molecule has 0 radical (unpaired) electrons. The number of amides is 1. The number of piperidine rings is 1. The van der Waals surface area contributed by atoms with Crippen molar-refractivity contribution >= 4 is 11.9 Å². The Morgan fingerprint density at radius 2 is 2.12 bits per heavy atom. The lowest BCUT2D eigenvalue weighted by Gasteiger charge is -2.37. The molecule has 4 heterocycles. The first-order chi connectivity index (χ1) is 12.7. The molecule has 2 aliphatic heterocycles. The fourth-order valence-corrected chi connectivity index (χ4v) is 3.67. The Morgan fingerprint density at radius 3 is 2.85 bits per heavy atom. The van der Waals surface area contributed by atoms with E-state index in [4.69, 9.17) is 9.15 Å². The molecule has 0 aliphatic carbocycles. The molecule has 138 valence electrons. The lowest BCUT2D eigenvalue weighted by atomic mass is 9.93. The minimum atomic E-state index is -0.0554. The van der Waals surface area contributed by atoms with Crippen LogP contribution in [0.2, 0.25) is 0 Å². The van der Waals surface area contributed by atoms with Gasteiger partial charge in [-0.25, -0.2) is 9.97 Å². The van der Waals surface area contributed by atoms with E-state index in [0.717, 1.165) is 37.4 Å². The Balaban J connectivity index is 1.42. The van der Waals surface area contributed by atoms with E-state index in [0.29, 0.717) is 31.4 Å². The fourth-order valence-electron chi connectivity index (χ4n) is 3.67. The van der Waals surface area contributed by atoms with Crippen molar-refractivity contribution in [3.63, 3.8) is 0 Å². The Kier molecular flexibility index (Phi) is 4.88. The number of carbonyl (C=O) groups is 1. The van der Waals surface area contributed by atoms with Gasteiger partial charge in [-0.2, -0.15) is 0 Å². The number of hydrogen-bond acceptors (Lipinski definition) is 6. The zero-order valence-electron chi connectivity index (χ0n) is 15.0. The van der Waals surface area contributed by atoms with Crippen LogP contribution in [-0.2, 0) is 11.2 Å². The van der Waals surface area contributed by atoms with Crippen molar-refractivity contribution in [1.82, 2.24) is 14.9 Å². The van der Waals surface area contributed by atoms with Gasteiger partial charge in [-0.3, -0.25) is 4.79 Å². The molecule has 26 heavy (non-hydrogen) atoms. The van der Waals surface area contributed by atoms with Gasteiger partial charge in [0.1, 0.15) is 0 Å². The third-order valence-electron chi connectivity index (χ3n) is 5.25. The molecule has 2 aromatic heterocycles. The van der Waals surface area contributed by atoms with Gasteiger partial charge in [0.05, 0.1) is 19.0 Å². The van der Waals surface area contributed by atoms with Gasteiger partial charge < -0.3 is 19.0 Å². The van der Waals surface area contributed by atoms with E-state index in [1.54, 1.807) is 12.1 Å². The first kappa shape index (κ1) is 17.0. The molecule has 0 spiro atoms. The molecular weight excluding hydrogens is 332 g/mol. The van der Waals surface area contributed by atoms with E-state index >= 15 is 0 Å². The van der Waals surface area contributed by atoms with Crippen LogP contribution in [0.5, 0.6) is 0 Å². The first-order valence-electron chi connectivity index (χ1n) is 9.25. The van der Waals surface area contributed by atoms with Crippen LogP contribution in [0.15, 0.2) is 35.2 Å². The molecule has 0 N–H and O–H groups in total. The lowest BCUT2D eigenvalue weighted by molar-refractivity contribution is 0.0249. The average Bonchev–Trinajstić information content (AvgIpc) is 3.14. The zero-order chi connectivity index (χ0) is 17.9. The highest BCUT2D eigenvalue weighted by Crippen LogP contribution is 2.26. The molecule has 2 aromatic rings. The smallest absolute Gasteiger partial charge is 0.289 e. The summed E-state index contributed by atoms with van der Waals surface area (Å²) < 4.78 is 11.3. The largest absolute Gasteiger partial charge is 0.459 e. The third-order valence-corrected chi connectivity index (χ3v) is 5.25. The Hall–Kier alpha value is -2.41. The average molecular weight is 356 g/mol. The molecule has 0 aromatic carbocycles. The van der Waals surface area contributed by atoms with Crippen molar-refractivity contribution in [2.45, 2.75) is 25.9 Å². The molecule has 0 saturated carbocycles. The van der Waals surface area contributed by atoms with Gasteiger partial charge in [-0.15, -0.1) is 0 Å². The molecule has 2 atom stereocenters. The Bertz CT molecular complexity index is 732. The lowest BCUT2D eigenvalue weighted by Crippen LogP contribution is -2.48. The summed E-state index contributed by atoms with van der Waals surface area (Å²) in [5.74, 6) is 1.42. The number of hydrogen-bond donors (Lipinski definition) is 0. The summed E-state index contributed by atoms with van der Waals surface area (Å²) >= 11 is 0. The van der Waals surface area contributed by atoms with Crippen LogP contribution in [0.4, 0.5) is 5.95 Å². The molecule has 7 nitrogen and oxygen atoms in total. The molecule has 0 unspecified atom stereocenters. The highest BCUT2D eigenvalue weighted by Gasteiger charge is 2.36. The van der Waals surface area contributed by atoms with Crippen LogP contribution in [0, 0.1) is 5.92 Å². The first-order valence-corrected chi connectivity index (χ1v) is 9.25. The van der Waals surface area contributed by atoms with E-state index in [-0.39, 0.29) is 12.0 Å². The number of carbonyl (C=O) groups excluding carboxylic acids is 1. The van der Waals surface area contributed by atoms with E-state index in [9.17, 15) is 4.79 Å². The minimum Gasteiger partial charge on any atom is -0.459 e. The topological polar surface area (TPSA) is 71.7 Å². The molecular formula is C19H24N4O3. The second-order valence-electron chi connectivity index (χ2n) is 6.88. The van der Waals surface area contributed by atoms with E-state index in [1.165, 1.54) is 6.26 Å². The molecule has 2 fully saturated rings. The van der Waals surface area contributed by atoms with Crippen molar-refractivity contribution in [2.75, 3.05) is 37.7 Å². The quantitative estimate of drug-likeness (QED) is 0.838. The van der Waals surface area contributed by atoms with Gasteiger partial charge in [-0.1, -0.05) is 6.92 Å². The summed E-state index contributed by atoms with van der Waals surface area (Å²) in [6.45, 7) is 5.57. The van der Waals surface area contributed by atoms with Gasteiger partial charge in [-0.05, 0) is 30.5 Å². The van der Waals surface area contributed by atoms with Crippen molar-refractivity contribution in [1.29, 1.82) is 0 Å². The van der Waals surface area contributed by atoms with E-state index in [2.05, 4.69) is 21.8 Å². The fraction of sp³-hybridized carbons (Fsp3) is 0.526. The molecule has 2 saturated heterocycles. The Labute approximate surface area is 153 Å². The van der Waals surface area contributed by atoms with E-state index in [1.807, 2.05) is 17.3 Å². The summed E-state index contributed by atoms with van der Waals surface area (Å²) in [4.78, 5) is 25.6. The van der Waals surface area contributed by atoms with Gasteiger partial charge >= 0.3 is 0 Å². The number of aromatic nitrogens is 2. The second kappa shape index (κ2) is 7.45. The maximum atomic E-state index is 12.6. The number of nitrogens with zero attached hydrogens (tertiary/aromatic N) is 4. The molecule has 4 rings (SSSR count). The number of furan rings is 1. The molecule has 7 heteroatoms. The number of aryl methyl sites for hydroxylation is 1. The van der Waals surface area contributed by atoms with Crippen LogP contribution in [0.3, 0.4) is 0 Å². The zero-order valence-corrected chi connectivity index (χ0v) is 15.0. The Morgan fingerprint density at radius 1 is 1.27 bits per heavy atom. The molecule has 1 amide bonds. The number of anilines is 1. The highest BCUT2D eigenvalue weighted by atomic mass is 16.5. The number of ether oxygens (including phenoxy) is 1. The monoisotopic (exact) mass is 356 g/mol. The van der Waals surface area contributed by atoms with Crippen molar-refractivity contribution in [2.24, 2.45) is 5.92 Å². The predicted molar refractivity (Wildman–Crippen MR) is 96.1 cm³/mol. The standard InChI is InChI=1S/C19H24N4O3/c1-2-14-10-20-19(21-11-14)23-6-5-15-12-22(7-9-26-17(15)13-23)18(24)16-4-3-8-25-16/h3-4,8,10-11,15,17H,2,5-7,9,12-13H2,1H3/t15-,17-/m0/s1. The minimum absolute atomic E-state index is 0.0554. The van der Waals surface area contributed by atoms with Crippen molar-refractivity contribution in [3.05, 3.63) is 42.1 Å². The van der Waals surface area contributed by atoms with Gasteiger partial charge in [0.15, 0.2) is 5.76 Å². The third kappa shape index (κ3) is 3.44. The highest BCUT2D eigenvalue weighted by molar-refractivity contribution is 5.91. The van der Waals surface area contributed by atoms with Crippen molar-refractivity contribution < 1.29 is 13.9 Å². The summed E-state index contributed by atoms with van der Waals surface area (Å²) in [5.41, 5.74) is 1.14. The number of fused-ring (bicyclic) bond motifs is 1. The van der Waals surface area contributed by atoms with Gasteiger partial charge in [0, 0.05) is 44.5 Å². The normalized spacial score (nSPS) is 23.4. The number of rotatable bonds is 3. The van der Waals surface area contributed by atoms with Gasteiger partial charge in [0.2, 0.25) is 5.95 Å². The molecule has 2 aliphatic rings. The van der Waals surface area contributed by atoms with Crippen LogP contribution in [0.25, 0.3) is 0 Å². The summed E-state index contributed by atoms with van der Waals surface area (Å²) in [7, 11) is 0. The maximum absolute atomic E-state index is 12.6. The van der Waals surface area contributed by atoms with Crippen LogP contribution in [0.1, 0.15) is 29.5 Å². The van der Waals surface area contributed by atoms with Crippen LogP contribution < -0.4 is 4.90 Å². The van der Waals surface area contributed by atoms with Crippen molar-refractivity contribution in [3.8, 4) is 0 Å². The second-order valence-corrected chi connectivity index (χ2v) is 6.88. The predicted octanol–water partition coefficient (Wildman–Crippen LogP) is 2.00. The summed E-state index contributed by atoms with van der Waals surface area (Å²) in [5, 5.41) is 0. The van der Waals surface area contributed by atoms with Crippen LogP contribution >= 0.6 is 0 Å². The SMILES string of the molecule is CCc1cnc(N2CC[C@H]3CN(C(=O)c4ccco4)CCO[C@H]3C2)nc1. The van der Waals surface area contributed by atoms with Crippen LogP contribution in [-0.4, -0.2) is 59.7 Å². The summed E-state index contributed by atoms with van der Waals surface area (Å²) in [6.07, 6.45) is 7.30.